The molecule has 2 rings (SSSR count). The van der Waals surface area contributed by atoms with Gasteiger partial charge in [0.2, 0.25) is 11.8 Å². The van der Waals surface area contributed by atoms with Crippen LogP contribution in [-0.4, -0.2) is 36.9 Å². The van der Waals surface area contributed by atoms with E-state index < -0.39 is 0 Å². The number of hydrogen-bond acceptors (Lipinski definition) is 3. The summed E-state index contributed by atoms with van der Waals surface area (Å²) in [5, 5.41) is 3.04. The summed E-state index contributed by atoms with van der Waals surface area (Å²) in [6.07, 6.45) is 4.40. The molecule has 0 heterocycles. The summed E-state index contributed by atoms with van der Waals surface area (Å²) in [4.78, 5) is 29.7. The number of nitrogens with one attached hydrogen (secondary N) is 1. The number of nitrogens with zero attached hydrogens (tertiary/aromatic N) is 2. The van der Waals surface area contributed by atoms with Crippen LogP contribution in [0.2, 0.25) is 0 Å². The number of benzene rings is 1. The number of amides is 2. The molecule has 2 amide bonds. The van der Waals surface area contributed by atoms with Crippen LogP contribution in [0.4, 0.5) is 11.4 Å². The Morgan fingerprint density at radius 1 is 1.14 bits per heavy atom. The maximum Gasteiger partial charge on any atom is 0.226 e. The smallest absolute Gasteiger partial charge is 0.226 e. The van der Waals surface area contributed by atoms with Crippen LogP contribution in [0.5, 0.6) is 0 Å². The maximum atomic E-state index is 13.1. The predicted molar refractivity (Wildman–Crippen MR) is 121 cm³/mol. The Labute approximate surface area is 176 Å². The highest BCUT2D eigenvalue weighted by Crippen LogP contribution is 2.33. The lowest BCUT2D eigenvalue weighted by Crippen LogP contribution is -2.37. The Morgan fingerprint density at radius 3 is 2.24 bits per heavy atom. The van der Waals surface area contributed by atoms with Crippen LogP contribution in [0.1, 0.15) is 72.3 Å². The second kappa shape index (κ2) is 9.64. The van der Waals surface area contributed by atoms with Crippen LogP contribution in [0.15, 0.2) is 18.2 Å². The second-order valence-electron chi connectivity index (χ2n) is 9.73. The first-order valence-corrected chi connectivity index (χ1v) is 11.0. The fourth-order valence-electron chi connectivity index (χ4n) is 3.74. The summed E-state index contributed by atoms with van der Waals surface area (Å²) in [6, 6.07) is 6.38. The van der Waals surface area contributed by atoms with Crippen molar-refractivity contribution in [2.24, 2.45) is 11.3 Å². The van der Waals surface area contributed by atoms with E-state index in [1.54, 1.807) is 0 Å². The van der Waals surface area contributed by atoms with E-state index in [-0.39, 0.29) is 23.1 Å². The zero-order valence-corrected chi connectivity index (χ0v) is 19.3. The van der Waals surface area contributed by atoms with Gasteiger partial charge in [-0.1, -0.05) is 34.6 Å². The first-order chi connectivity index (χ1) is 13.6. The van der Waals surface area contributed by atoms with Crippen LogP contribution in [0, 0.1) is 11.3 Å². The molecule has 29 heavy (non-hydrogen) atoms. The summed E-state index contributed by atoms with van der Waals surface area (Å²) >= 11 is 0. The third-order valence-corrected chi connectivity index (χ3v) is 5.48. The Kier molecular flexibility index (Phi) is 7.73. The highest BCUT2D eigenvalue weighted by Gasteiger charge is 2.35. The van der Waals surface area contributed by atoms with Crippen LogP contribution < -0.4 is 10.2 Å². The van der Waals surface area contributed by atoms with Crippen molar-refractivity contribution in [2.75, 3.05) is 24.3 Å². The lowest BCUT2D eigenvalue weighted by atomic mass is 9.92. The molecule has 0 bridgehead atoms. The highest BCUT2D eigenvalue weighted by atomic mass is 16.2. The van der Waals surface area contributed by atoms with Gasteiger partial charge in [0.25, 0.3) is 0 Å². The Bertz CT molecular complexity index is 713. The molecule has 1 fully saturated rings. The Hall–Kier alpha value is -2.04. The molecule has 0 aromatic heterocycles. The van der Waals surface area contributed by atoms with Gasteiger partial charge in [0.15, 0.2) is 0 Å². The normalized spacial score (nSPS) is 14.1. The van der Waals surface area contributed by atoms with E-state index in [2.05, 4.69) is 49.7 Å². The minimum absolute atomic E-state index is 0.0215. The average Bonchev–Trinajstić information content (AvgIpc) is 3.43. The molecule has 1 aromatic carbocycles. The summed E-state index contributed by atoms with van der Waals surface area (Å²) in [5.74, 6) is 0.380. The first-order valence-electron chi connectivity index (χ1n) is 11.0. The summed E-state index contributed by atoms with van der Waals surface area (Å²) in [6.45, 7) is 11.0. The molecule has 0 unspecified atom stereocenters. The minimum atomic E-state index is -0.0546. The monoisotopic (exact) mass is 401 g/mol. The third-order valence-electron chi connectivity index (χ3n) is 5.48. The predicted octanol–water partition coefficient (Wildman–Crippen LogP) is 5.05. The zero-order valence-electron chi connectivity index (χ0n) is 19.3. The molecule has 5 heteroatoms. The van der Waals surface area contributed by atoms with Crippen LogP contribution >= 0.6 is 0 Å². The van der Waals surface area contributed by atoms with Crippen molar-refractivity contribution in [3.8, 4) is 0 Å². The van der Waals surface area contributed by atoms with Gasteiger partial charge >= 0.3 is 0 Å². The highest BCUT2D eigenvalue weighted by molar-refractivity contribution is 5.91. The van der Waals surface area contributed by atoms with Gasteiger partial charge in [-0.3, -0.25) is 9.59 Å². The molecule has 1 aromatic rings. The van der Waals surface area contributed by atoms with Crippen molar-refractivity contribution in [2.45, 2.75) is 79.3 Å². The molecule has 1 N–H and O–H groups in total. The van der Waals surface area contributed by atoms with Gasteiger partial charge in [-0.15, -0.1) is 0 Å². The number of hydrogen-bond donors (Lipinski definition) is 1. The van der Waals surface area contributed by atoms with Gasteiger partial charge in [0.05, 0.1) is 0 Å². The molecule has 0 radical (unpaired) electrons. The van der Waals surface area contributed by atoms with E-state index in [0.29, 0.717) is 19.0 Å². The maximum absolute atomic E-state index is 13.1. The fourth-order valence-corrected chi connectivity index (χ4v) is 3.74. The molecule has 5 nitrogen and oxygen atoms in total. The zero-order chi connectivity index (χ0) is 21.8. The van der Waals surface area contributed by atoms with Gasteiger partial charge < -0.3 is 15.1 Å². The van der Waals surface area contributed by atoms with Crippen molar-refractivity contribution in [3.63, 3.8) is 0 Å². The lowest BCUT2D eigenvalue weighted by Gasteiger charge is -2.29. The van der Waals surface area contributed by atoms with Crippen LogP contribution in [0.3, 0.4) is 0 Å². The number of anilines is 2. The van der Waals surface area contributed by atoms with Gasteiger partial charge in [-0.2, -0.15) is 0 Å². The third kappa shape index (κ3) is 6.76. The van der Waals surface area contributed by atoms with E-state index in [4.69, 9.17) is 0 Å². The topological polar surface area (TPSA) is 52.7 Å². The van der Waals surface area contributed by atoms with E-state index in [9.17, 15) is 9.59 Å². The fraction of sp³-hybridized carbons (Fsp3) is 0.667. The van der Waals surface area contributed by atoms with Crippen molar-refractivity contribution >= 4 is 23.2 Å². The number of rotatable bonds is 9. The number of carbonyl (C=O) groups is 2. The summed E-state index contributed by atoms with van der Waals surface area (Å²) < 4.78 is 0. The lowest BCUT2D eigenvalue weighted by molar-refractivity contribution is -0.137. The van der Waals surface area contributed by atoms with Crippen molar-refractivity contribution in [1.29, 1.82) is 0 Å². The van der Waals surface area contributed by atoms with Gasteiger partial charge in [-0.05, 0) is 54.9 Å². The van der Waals surface area contributed by atoms with Crippen molar-refractivity contribution in [3.05, 3.63) is 23.8 Å². The molecule has 162 valence electrons. The Balaban J connectivity index is 2.26. The molecule has 1 aliphatic carbocycles. The molecular weight excluding hydrogens is 362 g/mol. The largest absolute Gasteiger partial charge is 0.377 e. The standard InChI is InChI=1S/C24H39N3O2/c1-8-17(9-2)23(29)27(20-11-12-20)16-18-14-19(10-13-21(18)26(6)7)25-22(28)15-24(3,4)5/h10,13-14,17,20H,8-9,11-12,15-16H2,1-7H3,(H,25,28). The minimum Gasteiger partial charge on any atom is -0.377 e. The molecule has 0 aliphatic heterocycles. The summed E-state index contributed by atoms with van der Waals surface area (Å²) in [5.41, 5.74) is 2.91. The average molecular weight is 402 g/mol. The van der Waals surface area contributed by atoms with Crippen molar-refractivity contribution < 1.29 is 9.59 Å². The van der Waals surface area contributed by atoms with E-state index in [1.807, 2.05) is 32.3 Å². The van der Waals surface area contributed by atoms with E-state index in [0.717, 1.165) is 42.6 Å². The van der Waals surface area contributed by atoms with Crippen molar-refractivity contribution in [1.82, 2.24) is 4.90 Å². The quantitative estimate of drug-likeness (QED) is 0.630. The van der Waals surface area contributed by atoms with Crippen LogP contribution in [-0.2, 0) is 16.1 Å². The molecule has 0 atom stereocenters. The first kappa shape index (κ1) is 23.2. The SMILES string of the molecule is CCC(CC)C(=O)N(Cc1cc(NC(=O)CC(C)(C)C)ccc1N(C)C)C1CC1. The molecule has 1 aliphatic rings. The molecule has 1 saturated carbocycles. The van der Waals surface area contributed by atoms with E-state index in [1.165, 1.54) is 0 Å². The number of carbonyl (C=O) groups excluding carboxylic acids is 2. The molecular formula is C24H39N3O2. The van der Waals surface area contributed by atoms with Crippen LogP contribution in [0.25, 0.3) is 0 Å². The Morgan fingerprint density at radius 2 is 1.76 bits per heavy atom. The molecule has 0 saturated heterocycles. The van der Waals surface area contributed by atoms with Gasteiger partial charge in [0, 0.05) is 50.4 Å². The van der Waals surface area contributed by atoms with Gasteiger partial charge in [-0.25, -0.2) is 0 Å². The summed E-state index contributed by atoms with van der Waals surface area (Å²) in [7, 11) is 4.03. The second-order valence-corrected chi connectivity index (χ2v) is 9.73. The van der Waals surface area contributed by atoms with Gasteiger partial charge in [0.1, 0.15) is 0 Å². The molecule has 0 spiro atoms. The van der Waals surface area contributed by atoms with E-state index >= 15 is 0 Å².